The highest BCUT2D eigenvalue weighted by Crippen LogP contribution is 2.23. The second-order valence-electron chi connectivity index (χ2n) is 6.94. The van der Waals surface area contributed by atoms with E-state index < -0.39 is 0 Å². The molecule has 1 aliphatic rings. The molecule has 29 heavy (non-hydrogen) atoms. The lowest BCUT2D eigenvalue weighted by Crippen LogP contribution is -2.17. The van der Waals surface area contributed by atoms with Gasteiger partial charge in [0.1, 0.15) is 5.69 Å². The molecule has 1 amide bonds. The first-order valence-corrected chi connectivity index (χ1v) is 9.61. The summed E-state index contributed by atoms with van der Waals surface area (Å²) < 4.78 is 0. The van der Waals surface area contributed by atoms with Gasteiger partial charge in [-0.1, -0.05) is 0 Å². The maximum absolute atomic E-state index is 12.6. The zero-order chi connectivity index (χ0) is 20.1. The Morgan fingerprint density at radius 3 is 2.31 bits per heavy atom. The first kappa shape index (κ1) is 18.5. The zero-order valence-corrected chi connectivity index (χ0v) is 15.9. The van der Waals surface area contributed by atoms with Gasteiger partial charge in [-0.25, -0.2) is 0 Å². The fraction of sp³-hybridized carbons (Fsp3) is 0.174. The van der Waals surface area contributed by atoms with Gasteiger partial charge in [0.25, 0.3) is 5.91 Å². The minimum absolute atomic E-state index is 0.262. The van der Waals surface area contributed by atoms with Crippen LogP contribution < -0.4 is 15.5 Å². The van der Waals surface area contributed by atoms with Crippen LogP contribution in [0.1, 0.15) is 28.9 Å². The number of hydrogen-bond donors (Lipinski definition) is 2. The zero-order valence-electron chi connectivity index (χ0n) is 15.9. The molecule has 1 aliphatic heterocycles. The Morgan fingerprint density at radius 2 is 1.62 bits per heavy atom. The van der Waals surface area contributed by atoms with Crippen LogP contribution in [0.5, 0.6) is 0 Å². The molecular weight excluding hydrogens is 362 g/mol. The summed E-state index contributed by atoms with van der Waals surface area (Å²) >= 11 is 0. The maximum Gasteiger partial charge on any atom is 0.274 e. The van der Waals surface area contributed by atoms with Crippen molar-refractivity contribution in [3.63, 3.8) is 0 Å². The van der Waals surface area contributed by atoms with Crippen LogP contribution in [0.4, 0.5) is 22.7 Å². The summed E-state index contributed by atoms with van der Waals surface area (Å²) in [6.07, 6.45) is 4.06. The van der Waals surface area contributed by atoms with Crippen LogP contribution in [-0.2, 0) is 0 Å². The van der Waals surface area contributed by atoms with Gasteiger partial charge in [0.2, 0.25) is 0 Å². The van der Waals surface area contributed by atoms with Crippen LogP contribution in [0.2, 0.25) is 0 Å². The second kappa shape index (κ2) is 8.44. The van der Waals surface area contributed by atoms with Crippen LogP contribution >= 0.6 is 0 Å². The van der Waals surface area contributed by atoms with Crippen molar-refractivity contribution in [1.82, 2.24) is 4.98 Å². The lowest BCUT2D eigenvalue weighted by molar-refractivity contribution is 0.102. The van der Waals surface area contributed by atoms with E-state index in [1.807, 2.05) is 36.4 Å². The smallest absolute Gasteiger partial charge is 0.274 e. The van der Waals surface area contributed by atoms with E-state index in [1.165, 1.54) is 18.5 Å². The number of amides is 1. The molecule has 4 rings (SSSR count). The number of nitriles is 1. The molecule has 6 heteroatoms. The molecule has 144 valence electrons. The molecule has 0 bridgehead atoms. The van der Waals surface area contributed by atoms with Gasteiger partial charge in [0.05, 0.1) is 11.6 Å². The van der Waals surface area contributed by atoms with Crippen molar-refractivity contribution in [2.45, 2.75) is 12.8 Å². The quantitative estimate of drug-likeness (QED) is 0.676. The SMILES string of the molecule is N#Cc1ccc(Nc2ccnc(C(=O)Nc3ccc(N4CCCC4)cc3)c2)cc1. The van der Waals surface area contributed by atoms with E-state index in [1.54, 1.807) is 30.5 Å². The van der Waals surface area contributed by atoms with Crippen molar-refractivity contribution < 1.29 is 4.79 Å². The van der Waals surface area contributed by atoms with Gasteiger partial charge in [-0.2, -0.15) is 5.26 Å². The Hall–Kier alpha value is -3.85. The van der Waals surface area contributed by atoms with Gasteiger partial charge in [-0.3, -0.25) is 9.78 Å². The van der Waals surface area contributed by atoms with Gasteiger partial charge in [-0.05, 0) is 73.5 Å². The Morgan fingerprint density at radius 1 is 0.931 bits per heavy atom. The van der Waals surface area contributed by atoms with Crippen LogP contribution in [0.3, 0.4) is 0 Å². The van der Waals surface area contributed by atoms with Gasteiger partial charge >= 0.3 is 0 Å². The highest BCUT2D eigenvalue weighted by molar-refractivity contribution is 6.03. The predicted octanol–water partition coefficient (Wildman–Crippen LogP) is 4.55. The number of aromatic nitrogens is 1. The van der Waals surface area contributed by atoms with Crippen LogP contribution in [0, 0.1) is 11.3 Å². The van der Waals surface area contributed by atoms with Gasteiger partial charge in [0.15, 0.2) is 0 Å². The molecule has 1 saturated heterocycles. The lowest BCUT2D eigenvalue weighted by atomic mass is 10.2. The summed E-state index contributed by atoms with van der Waals surface area (Å²) in [6, 6.07) is 20.6. The highest BCUT2D eigenvalue weighted by Gasteiger charge is 2.13. The number of carbonyl (C=O) groups is 1. The van der Waals surface area contributed by atoms with Gasteiger partial charge in [0, 0.05) is 42.0 Å². The van der Waals surface area contributed by atoms with E-state index in [0.717, 1.165) is 30.2 Å². The topological polar surface area (TPSA) is 81.0 Å². The van der Waals surface area contributed by atoms with Crippen molar-refractivity contribution >= 4 is 28.7 Å². The summed E-state index contributed by atoms with van der Waals surface area (Å²) in [5.41, 5.74) is 4.43. The molecule has 0 spiro atoms. The van der Waals surface area contributed by atoms with Crippen molar-refractivity contribution in [2.75, 3.05) is 28.6 Å². The monoisotopic (exact) mass is 383 g/mol. The summed E-state index contributed by atoms with van der Waals surface area (Å²) in [7, 11) is 0. The molecule has 0 unspecified atom stereocenters. The molecule has 0 saturated carbocycles. The molecule has 0 atom stereocenters. The highest BCUT2D eigenvalue weighted by atomic mass is 16.1. The van der Waals surface area contributed by atoms with Crippen molar-refractivity contribution in [1.29, 1.82) is 5.26 Å². The summed E-state index contributed by atoms with van der Waals surface area (Å²) in [6.45, 7) is 2.18. The van der Waals surface area contributed by atoms with E-state index in [4.69, 9.17) is 5.26 Å². The lowest BCUT2D eigenvalue weighted by Gasteiger charge is -2.17. The number of nitrogens with zero attached hydrogens (tertiary/aromatic N) is 3. The number of nitrogens with one attached hydrogen (secondary N) is 2. The van der Waals surface area contributed by atoms with Gasteiger partial charge < -0.3 is 15.5 Å². The van der Waals surface area contributed by atoms with Crippen LogP contribution in [-0.4, -0.2) is 24.0 Å². The number of rotatable bonds is 5. The first-order chi connectivity index (χ1) is 14.2. The Bertz CT molecular complexity index is 1030. The third-order valence-electron chi connectivity index (χ3n) is 4.89. The fourth-order valence-electron chi connectivity index (χ4n) is 3.35. The summed E-state index contributed by atoms with van der Waals surface area (Å²) in [4.78, 5) is 19.1. The molecule has 2 aromatic carbocycles. The molecule has 1 fully saturated rings. The molecule has 1 aromatic heterocycles. The average Bonchev–Trinajstić information content (AvgIpc) is 3.30. The summed E-state index contributed by atoms with van der Waals surface area (Å²) in [5.74, 6) is -0.262. The molecule has 2 N–H and O–H groups in total. The number of pyridine rings is 1. The standard InChI is InChI=1S/C23H21N5O/c24-16-17-3-5-18(6-4-17)26-20-11-12-25-22(15-20)23(29)27-19-7-9-21(10-8-19)28-13-1-2-14-28/h3-12,15H,1-2,13-14H2,(H,25,26)(H,27,29). The molecule has 0 radical (unpaired) electrons. The van der Waals surface area contributed by atoms with E-state index >= 15 is 0 Å². The van der Waals surface area contributed by atoms with Crippen LogP contribution in [0.25, 0.3) is 0 Å². The Labute approximate surface area is 169 Å². The third kappa shape index (κ3) is 4.53. The van der Waals surface area contributed by atoms with E-state index in [2.05, 4.69) is 26.6 Å². The van der Waals surface area contributed by atoms with Crippen molar-refractivity contribution in [3.05, 3.63) is 78.1 Å². The number of carbonyl (C=O) groups excluding carboxylic acids is 1. The minimum Gasteiger partial charge on any atom is -0.372 e. The van der Waals surface area contributed by atoms with Crippen LogP contribution in [0.15, 0.2) is 66.9 Å². The molecule has 3 aromatic rings. The number of benzene rings is 2. The summed E-state index contributed by atoms with van der Waals surface area (Å²) in [5, 5.41) is 15.0. The van der Waals surface area contributed by atoms with Crippen molar-refractivity contribution in [3.8, 4) is 6.07 Å². The Balaban J connectivity index is 1.42. The largest absolute Gasteiger partial charge is 0.372 e. The molecule has 0 aliphatic carbocycles. The average molecular weight is 383 g/mol. The molecule has 2 heterocycles. The van der Waals surface area contributed by atoms with E-state index in [-0.39, 0.29) is 5.91 Å². The molecular formula is C23H21N5O. The molecule has 6 nitrogen and oxygen atoms in total. The fourth-order valence-corrected chi connectivity index (χ4v) is 3.35. The van der Waals surface area contributed by atoms with E-state index in [9.17, 15) is 4.79 Å². The first-order valence-electron chi connectivity index (χ1n) is 9.61. The normalized spacial score (nSPS) is 13.0. The Kier molecular flexibility index (Phi) is 5.39. The minimum atomic E-state index is -0.262. The predicted molar refractivity (Wildman–Crippen MR) is 115 cm³/mol. The van der Waals surface area contributed by atoms with E-state index in [0.29, 0.717) is 11.3 Å². The second-order valence-corrected chi connectivity index (χ2v) is 6.94. The number of hydrogen-bond acceptors (Lipinski definition) is 5. The van der Waals surface area contributed by atoms with Gasteiger partial charge in [-0.15, -0.1) is 0 Å². The third-order valence-corrected chi connectivity index (χ3v) is 4.89. The maximum atomic E-state index is 12.6. The number of anilines is 4. The van der Waals surface area contributed by atoms with Crippen molar-refractivity contribution in [2.24, 2.45) is 0 Å².